The van der Waals surface area contributed by atoms with Crippen molar-refractivity contribution in [1.82, 2.24) is 0 Å². The molecule has 0 N–H and O–H groups in total. The minimum Gasteiger partial charge on any atom is -0.494 e. The first kappa shape index (κ1) is 28.7. The van der Waals surface area contributed by atoms with E-state index in [1.807, 2.05) is 25.1 Å². The summed E-state index contributed by atoms with van der Waals surface area (Å²) in [7, 11) is 0. The van der Waals surface area contributed by atoms with Gasteiger partial charge in [0, 0.05) is 0 Å². The molecule has 3 saturated carbocycles. The van der Waals surface area contributed by atoms with Crippen molar-refractivity contribution in [2.75, 3.05) is 13.2 Å². The Hall–Kier alpha value is -2.82. The van der Waals surface area contributed by atoms with Gasteiger partial charge in [-0.1, -0.05) is 38.2 Å². The average Bonchev–Trinajstić information content (AvgIpc) is 3.02. The fraction of sp³-hybridized carbons (Fsp3) is 0.600. The van der Waals surface area contributed by atoms with E-state index in [0.717, 1.165) is 49.6 Å². The summed E-state index contributed by atoms with van der Waals surface area (Å²) in [6.45, 7) is 3.12. The number of carbonyl (C=O) groups excluding carboxylic acids is 2. The van der Waals surface area contributed by atoms with E-state index >= 15 is 0 Å². The van der Waals surface area contributed by atoms with Gasteiger partial charge in [-0.3, -0.25) is 9.59 Å². The molecule has 0 unspecified atom stereocenters. The molecule has 0 aliphatic heterocycles. The molecule has 2 aromatic rings. The average molecular weight is 547 g/mol. The van der Waals surface area contributed by atoms with Gasteiger partial charge in [0.25, 0.3) is 0 Å². The van der Waals surface area contributed by atoms with Gasteiger partial charge in [-0.25, -0.2) is 0 Å². The van der Waals surface area contributed by atoms with Crippen LogP contribution in [0.25, 0.3) is 0 Å². The van der Waals surface area contributed by atoms with Crippen LogP contribution in [-0.4, -0.2) is 25.5 Å². The summed E-state index contributed by atoms with van der Waals surface area (Å²) in [5.41, 5.74) is 1.96. The molecule has 0 bridgehead atoms. The van der Waals surface area contributed by atoms with E-state index in [4.69, 9.17) is 14.2 Å². The third kappa shape index (κ3) is 7.47. The standard InChI is InChI=1S/C35H46O5/c1-2-38-32-17-19-33(20-18-32)40-35(37)29-10-8-25(9-11-29)24-39-34-21-16-30(22-31(34)23-36)28-14-12-27(13-15-28)26-6-4-3-5-7-26/h16-23,25-29H,2-15,24H2,1H3. The van der Waals surface area contributed by atoms with Crippen molar-refractivity contribution in [3.05, 3.63) is 53.6 Å². The van der Waals surface area contributed by atoms with Gasteiger partial charge < -0.3 is 14.2 Å². The summed E-state index contributed by atoms with van der Waals surface area (Å²) in [4.78, 5) is 24.6. The van der Waals surface area contributed by atoms with E-state index in [1.54, 1.807) is 12.1 Å². The number of hydrogen-bond donors (Lipinski definition) is 0. The molecule has 216 valence electrons. The molecule has 0 spiro atoms. The Morgan fingerprint density at radius 2 is 1.45 bits per heavy atom. The quantitative estimate of drug-likeness (QED) is 0.170. The zero-order valence-corrected chi connectivity index (χ0v) is 24.2. The number of benzene rings is 2. The van der Waals surface area contributed by atoms with Gasteiger partial charge in [0.15, 0.2) is 6.29 Å². The lowest BCUT2D eigenvalue weighted by atomic mass is 9.70. The van der Waals surface area contributed by atoms with Crippen LogP contribution < -0.4 is 14.2 Å². The molecule has 3 aliphatic rings. The molecule has 0 amide bonds. The number of aldehydes is 1. The van der Waals surface area contributed by atoms with Crippen molar-refractivity contribution >= 4 is 12.3 Å². The van der Waals surface area contributed by atoms with Crippen LogP contribution in [0.15, 0.2) is 42.5 Å². The zero-order valence-electron chi connectivity index (χ0n) is 24.2. The second-order valence-corrected chi connectivity index (χ2v) is 12.3. The lowest BCUT2D eigenvalue weighted by Gasteiger charge is -2.36. The van der Waals surface area contributed by atoms with Crippen molar-refractivity contribution < 1.29 is 23.8 Å². The van der Waals surface area contributed by atoms with Gasteiger partial charge >= 0.3 is 5.97 Å². The number of rotatable bonds is 10. The Morgan fingerprint density at radius 1 is 0.775 bits per heavy atom. The lowest BCUT2D eigenvalue weighted by Crippen LogP contribution is -2.27. The Morgan fingerprint density at radius 3 is 2.12 bits per heavy atom. The monoisotopic (exact) mass is 546 g/mol. The van der Waals surface area contributed by atoms with E-state index in [2.05, 4.69) is 12.1 Å². The second-order valence-electron chi connectivity index (χ2n) is 12.3. The summed E-state index contributed by atoms with van der Waals surface area (Å²) in [6.07, 6.45) is 16.7. The number of ether oxygens (including phenoxy) is 3. The normalized spacial score (nSPS) is 25.6. The third-order valence-electron chi connectivity index (χ3n) is 9.73. The molecule has 0 saturated heterocycles. The molecule has 2 aromatic carbocycles. The fourth-order valence-corrected chi connectivity index (χ4v) is 7.32. The predicted molar refractivity (Wildman–Crippen MR) is 157 cm³/mol. The third-order valence-corrected chi connectivity index (χ3v) is 9.73. The van der Waals surface area contributed by atoms with Crippen LogP contribution in [0.3, 0.4) is 0 Å². The topological polar surface area (TPSA) is 61.8 Å². The van der Waals surface area contributed by atoms with Gasteiger partial charge in [0.05, 0.1) is 24.7 Å². The van der Waals surface area contributed by atoms with E-state index in [1.165, 1.54) is 63.4 Å². The Bertz CT molecular complexity index is 1090. The summed E-state index contributed by atoms with van der Waals surface area (Å²) in [6, 6.07) is 13.5. The van der Waals surface area contributed by atoms with Crippen LogP contribution in [0.1, 0.15) is 112 Å². The molecule has 0 aromatic heterocycles. The summed E-state index contributed by atoms with van der Waals surface area (Å²) < 4.78 is 17.2. The number of hydrogen-bond acceptors (Lipinski definition) is 5. The minimum absolute atomic E-state index is 0.0826. The SMILES string of the molecule is CCOc1ccc(OC(=O)C2CCC(COc3ccc(C4CCC(C5CCCCC5)CC4)cc3C=O)CC2)cc1. The van der Waals surface area contributed by atoms with Crippen LogP contribution in [-0.2, 0) is 4.79 Å². The molecule has 3 fully saturated rings. The Labute approximate surface area is 240 Å². The molecule has 5 rings (SSSR count). The number of carbonyl (C=O) groups is 2. The van der Waals surface area contributed by atoms with Gasteiger partial charge in [0.2, 0.25) is 0 Å². The number of esters is 1. The van der Waals surface area contributed by atoms with Crippen LogP contribution in [0.2, 0.25) is 0 Å². The molecular formula is C35H46O5. The smallest absolute Gasteiger partial charge is 0.314 e. The fourth-order valence-electron chi connectivity index (χ4n) is 7.32. The largest absolute Gasteiger partial charge is 0.494 e. The van der Waals surface area contributed by atoms with Gasteiger partial charge in [-0.15, -0.1) is 0 Å². The van der Waals surface area contributed by atoms with E-state index < -0.39 is 0 Å². The Balaban J connectivity index is 1.06. The molecule has 5 nitrogen and oxygen atoms in total. The molecular weight excluding hydrogens is 500 g/mol. The molecule has 0 radical (unpaired) electrons. The maximum absolute atomic E-state index is 12.7. The zero-order chi connectivity index (χ0) is 27.7. The molecule has 0 heterocycles. The van der Waals surface area contributed by atoms with Crippen LogP contribution in [0.5, 0.6) is 17.2 Å². The van der Waals surface area contributed by atoms with Gasteiger partial charge in [-0.2, -0.15) is 0 Å². The van der Waals surface area contributed by atoms with Crippen LogP contribution in [0.4, 0.5) is 0 Å². The highest BCUT2D eigenvalue weighted by Gasteiger charge is 2.30. The van der Waals surface area contributed by atoms with Crippen molar-refractivity contribution in [1.29, 1.82) is 0 Å². The van der Waals surface area contributed by atoms with Crippen molar-refractivity contribution in [2.24, 2.45) is 23.7 Å². The van der Waals surface area contributed by atoms with Crippen molar-refractivity contribution in [2.45, 2.75) is 96.3 Å². The maximum atomic E-state index is 12.7. The summed E-state index contributed by atoms with van der Waals surface area (Å²) >= 11 is 0. The van der Waals surface area contributed by atoms with Crippen molar-refractivity contribution in [3.8, 4) is 17.2 Å². The highest BCUT2D eigenvalue weighted by Crippen LogP contribution is 2.43. The minimum atomic E-state index is -0.157. The summed E-state index contributed by atoms with van der Waals surface area (Å²) in [5.74, 6) is 4.58. The van der Waals surface area contributed by atoms with Gasteiger partial charge in [-0.05, 0) is 124 Å². The van der Waals surface area contributed by atoms with E-state index in [-0.39, 0.29) is 11.9 Å². The van der Waals surface area contributed by atoms with Crippen LogP contribution >= 0.6 is 0 Å². The lowest BCUT2D eigenvalue weighted by molar-refractivity contribution is -0.140. The first-order valence-corrected chi connectivity index (χ1v) is 15.8. The van der Waals surface area contributed by atoms with Crippen LogP contribution in [0, 0.1) is 23.7 Å². The maximum Gasteiger partial charge on any atom is 0.314 e. The highest BCUT2D eigenvalue weighted by molar-refractivity contribution is 5.79. The second kappa shape index (κ2) is 14.2. The first-order chi connectivity index (χ1) is 19.6. The molecule has 40 heavy (non-hydrogen) atoms. The van der Waals surface area contributed by atoms with E-state index in [9.17, 15) is 9.59 Å². The van der Waals surface area contributed by atoms with E-state index in [0.29, 0.717) is 42.1 Å². The predicted octanol–water partition coefficient (Wildman–Crippen LogP) is 8.54. The molecule has 5 heteroatoms. The van der Waals surface area contributed by atoms with Gasteiger partial charge in [0.1, 0.15) is 17.2 Å². The summed E-state index contributed by atoms with van der Waals surface area (Å²) in [5, 5.41) is 0. The Kier molecular flexibility index (Phi) is 10.2. The first-order valence-electron chi connectivity index (χ1n) is 15.8. The molecule has 3 aliphatic carbocycles. The van der Waals surface area contributed by atoms with Crippen molar-refractivity contribution in [3.63, 3.8) is 0 Å². The highest BCUT2D eigenvalue weighted by atomic mass is 16.5. The molecule has 0 atom stereocenters.